The monoisotopic (exact) mass is 641 g/mol. The molecule has 0 saturated carbocycles. The number of hydrogen-bond acceptors (Lipinski definition) is 4. The number of fused-ring (bicyclic) bond motifs is 2. The lowest BCUT2D eigenvalue weighted by atomic mass is 9.91. The maximum atomic E-state index is 14.6. The third kappa shape index (κ3) is 7.74. The molecule has 2 aliphatic rings. The normalized spacial score (nSPS) is 17.7. The van der Waals surface area contributed by atoms with Gasteiger partial charge >= 0.3 is 6.03 Å². The van der Waals surface area contributed by atoms with E-state index in [9.17, 15) is 9.59 Å². The molecule has 3 amide bonds. The van der Waals surface area contributed by atoms with Crippen molar-refractivity contribution in [3.8, 4) is 0 Å². The quantitative estimate of drug-likeness (QED) is 0.218. The number of hydrogen-bond donors (Lipinski definition) is 2. The summed E-state index contributed by atoms with van der Waals surface area (Å²) < 4.78 is 6.00. The van der Waals surface area contributed by atoms with Gasteiger partial charge in [-0.1, -0.05) is 60.1 Å². The second kappa shape index (κ2) is 14.7. The van der Waals surface area contributed by atoms with Crippen LogP contribution in [0.2, 0.25) is 5.02 Å². The van der Waals surface area contributed by atoms with Crippen LogP contribution in [-0.4, -0.2) is 79.6 Å². The zero-order valence-electron chi connectivity index (χ0n) is 26.8. The zero-order valence-corrected chi connectivity index (χ0v) is 27.5. The van der Waals surface area contributed by atoms with Crippen molar-refractivity contribution in [2.24, 2.45) is 11.8 Å². The molecule has 1 fully saturated rings. The van der Waals surface area contributed by atoms with E-state index in [1.54, 1.807) is 0 Å². The number of para-hydroxylation sites is 1. The lowest BCUT2D eigenvalue weighted by molar-refractivity contribution is -0.120. The molecule has 0 unspecified atom stereocenters. The molecule has 3 heterocycles. The first kappa shape index (κ1) is 32.1. The Kier molecular flexibility index (Phi) is 10.3. The first-order valence-corrected chi connectivity index (χ1v) is 16.7. The number of ether oxygens (including phenoxy) is 1. The Bertz CT molecular complexity index is 1630. The van der Waals surface area contributed by atoms with Crippen molar-refractivity contribution < 1.29 is 14.3 Å². The molecule has 1 saturated heterocycles. The number of likely N-dealkylation sites (tertiary alicyclic amines) is 1. The summed E-state index contributed by atoms with van der Waals surface area (Å²) in [6.07, 6.45) is 4.93. The molecule has 0 radical (unpaired) electrons. The fraction of sp³-hybridized carbons (Fsp3) is 0.405. The molecule has 46 heavy (non-hydrogen) atoms. The molecule has 242 valence electrons. The minimum atomic E-state index is -0.736. The molecule has 4 aromatic rings. The smallest absolute Gasteiger partial charge is 0.318 e. The number of nitrogens with zero attached hydrogens (tertiary/aromatic N) is 3. The number of carbonyl (C=O) groups is 2. The van der Waals surface area contributed by atoms with Gasteiger partial charge in [0.1, 0.15) is 6.04 Å². The average Bonchev–Trinajstić information content (AvgIpc) is 3.46. The van der Waals surface area contributed by atoms with Gasteiger partial charge in [-0.3, -0.25) is 4.79 Å². The van der Waals surface area contributed by atoms with Crippen LogP contribution in [0, 0.1) is 11.8 Å². The number of carbonyl (C=O) groups excluding carboxylic acids is 2. The van der Waals surface area contributed by atoms with Gasteiger partial charge in [-0.2, -0.15) is 0 Å². The first-order valence-electron chi connectivity index (χ1n) is 16.3. The van der Waals surface area contributed by atoms with E-state index in [0.717, 1.165) is 59.1 Å². The highest BCUT2D eigenvalue weighted by Crippen LogP contribution is 2.33. The standard InChI is InChI=1S/C37H44ClN5O3/c1-41(2)22-28-18-29-19-31(38)12-13-35(29)43(23-28)36(44)34(20-30-21-39-33-11-7-6-10-32(30)33)40-37(45)42-16-14-27(15-17-42)25-46-24-26-8-4-3-5-9-26/h3-13,19,21,27-28,34,39H,14-18,20,22-25H2,1-2H3,(H,40,45)/t28-,34+/m0/s1. The van der Waals surface area contributed by atoms with Crippen molar-refractivity contribution in [1.82, 2.24) is 20.1 Å². The molecule has 8 nitrogen and oxygen atoms in total. The van der Waals surface area contributed by atoms with Gasteiger partial charge in [-0.05, 0) is 86.1 Å². The minimum absolute atomic E-state index is 0.102. The van der Waals surface area contributed by atoms with Gasteiger partial charge in [0, 0.05) is 67.0 Å². The van der Waals surface area contributed by atoms with Crippen LogP contribution in [0.4, 0.5) is 10.5 Å². The van der Waals surface area contributed by atoms with Crippen LogP contribution in [0.5, 0.6) is 0 Å². The Labute approximate surface area is 276 Å². The Balaban J connectivity index is 1.17. The van der Waals surface area contributed by atoms with Crippen LogP contribution in [0.3, 0.4) is 0 Å². The number of urea groups is 1. The van der Waals surface area contributed by atoms with Gasteiger partial charge in [0.2, 0.25) is 5.91 Å². The number of aromatic amines is 1. The van der Waals surface area contributed by atoms with Crippen molar-refractivity contribution >= 4 is 40.1 Å². The second-order valence-electron chi connectivity index (χ2n) is 13.1. The maximum absolute atomic E-state index is 14.6. The van der Waals surface area contributed by atoms with Crippen molar-refractivity contribution in [3.05, 3.63) is 101 Å². The van der Waals surface area contributed by atoms with E-state index in [2.05, 4.69) is 47.5 Å². The molecule has 3 aromatic carbocycles. The Hall–Kier alpha value is -3.85. The molecule has 1 aromatic heterocycles. The van der Waals surface area contributed by atoms with Gasteiger partial charge in [-0.15, -0.1) is 0 Å². The number of rotatable bonds is 10. The van der Waals surface area contributed by atoms with E-state index in [1.165, 1.54) is 0 Å². The van der Waals surface area contributed by atoms with Crippen LogP contribution < -0.4 is 10.2 Å². The lowest BCUT2D eigenvalue weighted by Crippen LogP contribution is -2.56. The van der Waals surface area contributed by atoms with Gasteiger partial charge in [0.05, 0.1) is 6.61 Å². The molecule has 0 aliphatic carbocycles. The van der Waals surface area contributed by atoms with Crippen molar-refractivity contribution in [3.63, 3.8) is 0 Å². The number of piperidine rings is 1. The summed E-state index contributed by atoms with van der Waals surface area (Å²) in [4.78, 5) is 37.6. The maximum Gasteiger partial charge on any atom is 0.318 e. The van der Waals surface area contributed by atoms with Crippen LogP contribution >= 0.6 is 11.6 Å². The highest BCUT2D eigenvalue weighted by Gasteiger charge is 2.35. The molecule has 2 aliphatic heterocycles. The number of amides is 3. The predicted octanol–water partition coefficient (Wildman–Crippen LogP) is 6.14. The summed E-state index contributed by atoms with van der Waals surface area (Å²) in [7, 11) is 4.11. The largest absolute Gasteiger partial charge is 0.376 e. The first-order chi connectivity index (χ1) is 22.3. The van der Waals surface area contributed by atoms with Crippen molar-refractivity contribution in [2.45, 2.75) is 38.3 Å². The SMILES string of the molecule is CN(C)C[C@@H]1Cc2cc(Cl)ccc2N(C(=O)[C@@H](Cc2c[nH]c3ccccc23)NC(=O)N2CCC(COCc3ccccc3)CC2)C1. The summed E-state index contributed by atoms with van der Waals surface area (Å²) in [5.41, 5.74) is 5.11. The molecule has 2 atom stereocenters. The third-order valence-electron chi connectivity index (χ3n) is 9.23. The van der Waals surface area contributed by atoms with Crippen molar-refractivity contribution in [2.75, 3.05) is 51.8 Å². The Morgan fingerprint density at radius 2 is 1.78 bits per heavy atom. The summed E-state index contributed by atoms with van der Waals surface area (Å²) in [6, 6.07) is 23.1. The molecular formula is C37H44ClN5O3. The van der Waals surface area contributed by atoms with E-state index in [4.69, 9.17) is 16.3 Å². The minimum Gasteiger partial charge on any atom is -0.376 e. The van der Waals surface area contributed by atoms with Gasteiger partial charge < -0.3 is 29.7 Å². The Morgan fingerprint density at radius 1 is 1.02 bits per heavy atom. The third-order valence-corrected chi connectivity index (χ3v) is 9.47. The summed E-state index contributed by atoms with van der Waals surface area (Å²) in [5.74, 6) is 0.550. The topological polar surface area (TPSA) is 80.9 Å². The van der Waals surface area contributed by atoms with Gasteiger partial charge in [-0.25, -0.2) is 4.79 Å². The van der Waals surface area contributed by atoms with E-state index < -0.39 is 6.04 Å². The number of aromatic nitrogens is 1. The van der Waals surface area contributed by atoms with E-state index in [1.807, 2.05) is 70.6 Å². The Morgan fingerprint density at radius 3 is 2.57 bits per heavy atom. The highest BCUT2D eigenvalue weighted by atomic mass is 35.5. The molecular weight excluding hydrogens is 598 g/mol. The van der Waals surface area contributed by atoms with E-state index in [-0.39, 0.29) is 17.9 Å². The summed E-state index contributed by atoms with van der Waals surface area (Å²) in [6.45, 7) is 3.97. The van der Waals surface area contributed by atoms with E-state index >= 15 is 0 Å². The van der Waals surface area contributed by atoms with Crippen LogP contribution in [0.25, 0.3) is 10.9 Å². The number of benzene rings is 3. The predicted molar refractivity (Wildman–Crippen MR) is 184 cm³/mol. The molecule has 9 heteroatoms. The number of anilines is 1. The second-order valence-corrected chi connectivity index (χ2v) is 13.5. The highest BCUT2D eigenvalue weighted by molar-refractivity contribution is 6.30. The summed E-state index contributed by atoms with van der Waals surface area (Å²) in [5, 5.41) is 4.90. The fourth-order valence-electron chi connectivity index (χ4n) is 6.93. The van der Waals surface area contributed by atoms with E-state index in [0.29, 0.717) is 50.2 Å². The lowest BCUT2D eigenvalue weighted by Gasteiger charge is -2.38. The average molecular weight is 642 g/mol. The van der Waals surface area contributed by atoms with Gasteiger partial charge in [0.15, 0.2) is 0 Å². The zero-order chi connectivity index (χ0) is 32.0. The van der Waals surface area contributed by atoms with Crippen LogP contribution in [0.1, 0.15) is 29.5 Å². The summed E-state index contributed by atoms with van der Waals surface area (Å²) >= 11 is 6.40. The molecule has 0 bridgehead atoms. The van der Waals surface area contributed by atoms with Crippen molar-refractivity contribution in [1.29, 1.82) is 0 Å². The van der Waals surface area contributed by atoms with Gasteiger partial charge in [0.25, 0.3) is 0 Å². The van der Waals surface area contributed by atoms with Crippen LogP contribution in [-0.2, 0) is 29.0 Å². The molecule has 6 rings (SSSR count). The number of halogens is 1. The molecule has 0 spiro atoms. The fourth-order valence-corrected chi connectivity index (χ4v) is 7.12. The molecule has 2 N–H and O–H groups in total. The number of nitrogens with one attached hydrogen (secondary N) is 2. The van der Waals surface area contributed by atoms with Crippen LogP contribution in [0.15, 0.2) is 79.0 Å². The number of H-pyrrole nitrogens is 1.